The first-order chi connectivity index (χ1) is 10.2. The van der Waals surface area contributed by atoms with Crippen LogP contribution in [0.5, 0.6) is 0 Å². The highest BCUT2D eigenvalue weighted by molar-refractivity contribution is 6.03. The van der Waals surface area contributed by atoms with Crippen molar-refractivity contribution in [2.45, 2.75) is 25.8 Å². The van der Waals surface area contributed by atoms with Gasteiger partial charge in [0.05, 0.1) is 18.7 Å². The van der Waals surface area contributed by atoms with E-state index in [1.807, 2.05) is 37.3 Å². The number of likely N-dealkylation sites (tertiary alicyclic amines) is 1. The molecule has 0 N–H and O–H groups in total. The fourth-order valence-electron chi connectivity index (χ4n) is 2.81. The summed E-state index contributed by atoms with van der Waals surface area (Å²) in [5.74, 6) is 0.153. The second kappa shape index (κ2) is 5.56. The first-order valence-electron chi connectivity index (χ1n) is 7.08. The molecule has 3 rings (SSSR count). The van der Waals surface area contributed by atoms with E-state index in [1.54, 1.807) is 18.4 Å². The maximum Gasteiger partial charge on any atom is 0.233 e. The van der Waals surface area contributed by atoms with Gasteiger partial charge in [-0.2, -0.15) is 0 Å². The van der Waals surface area contributed by atoms with E-state index in [-0.39, 0.29) is 36.6 Å². The molecular weight excluding hydrogens is 266 g/mol. The summed E-state index contributed by atoms with van der Waals surface area (Å²) in [5.41, 5.74) is 1.09. The first-order valence-corrected chi connectivity index (χ1v) is 7.08. The van der Waals surface area contributed by atoms with Crippen molar-refractivity contribution in [2.24, 2.45) is 5.92 Å². The molecule has 4 nitrogen and oxygen atoms in total. The first kappa shape index (κ1) is 13.6. The zero-order valence-electron chi connectivity index (χ0n) is 11.9. The Balaban J connectivity index is 1.77. The number of rotatable bonds is 4. The lowest BCUT2D eigenvalue weighted by Gasteiger charge is -2.18. The highest BCUT2D eigenvalue weighted by Gasteiger charge is 2.41. The molecule has 1 saturated heterocycles. The Morgan fingerprint density at radius 1 is 1.19 bits per heavy atom. The molecular formula is C17H17NO3. The standard InChI is InChI=1S/C17H17NO3/c1-12(13-6-3-2-4-7-13)15-10-16(19)18(17(15)20)11-14-8-5-9-21-14/h2-9,12,15H,10-11H2,1H3/t12-,15+/m0/s1. The van der Waals surface area contributed by atoms with Gasteiger partial charge in [0.15, 0.2) is 0 Å². The van der Waals surface area contributed by atoms with Gasteiger partial charge < -0.3 is 4.42 Å². The lowest BCUT2D eigenvalue weighted by Crippen LogP contribution is -2.31. The molecule has 2 heterocycles. The highest BCUT2D eigenvalue weighted by atomic mass is 16.3. The monoisotopic (exact) mass is 283 g/mol. The molecule has 0 unspecified atom stereocenters. The average Bonchev–Trinajstić information content (AvgIpc) is 3.11. The Morgan fingerprint density at radius 3 is 2.62 bits per heavy atom. The molecule has 0 aliphatic carbocycles. The molecule has 108 valence electrons. The van der Waals surface area contributed by atoms with Crippen molar-refractivity contribution in [3.63, 3.8) is 0 Å². The smallest absolute Gasteiger partial charge is 0.233 e. The van der Waals surface area contributed by atoms with Gasteiger partial charge in [0.1, 0.15) is 5.76 Å². The zero-order chi connectivity index (χ0) is 14.8. The van der Waals surface area contributed by atoms with Crippen molar-refractivity contribution in [2.75, 3.05) is 0 Å². The van der Waals surface area contributed by atoms with E-state index in [2.05, 4.69) is 0 Å². The van der Waals surface area contributed by atoms with Crippen LogP contribution in [0.4, 0.5) is 0 Å². The van der Waals surface area contributed by atoms with Crippen LogP contribution in [0.3, 0.4) is 0 Å². The summed E-state index contributed by atoms with van der Waals surface area (Å²) < 4.78 is 5.23. The topological polar surface area (TPSA) is 50.5 Å². The lowest BCUT2D eigenvalue weighted by atomic mass is 9.86. The van der Waals surface area contributed by atoms with Gasteiger partial charge in [-0.05, 0) is 23.6 Å². The number of imide groups is 1. The molecule has 0 radical (unpaired) electrons. The second-order valence-electron chi connectivity index (χ2n) is 5.41. The maximum atomic E-state index is 12.5. The van der Waals surface area contributed by atoms with Crippen LogP contribution in [-0.4, -0.2) is 16.7 Å². The van der Waals surface area contributed by atoms with Crippen LogP contribution in [0.15, 0.2) is 53.1 Å². The van der Waals surface area contributed by atoms with Crippen LogP contribution in [0, 0.1) is 5.92 Å². The third kappa shape index (κ3) is 2.61. The zero-order valence-corrected chi connectivity index (χ0v) is 11.9. The van der Waals surface area contributed by atoms with Crippen LogP contribution >= 0.6 is 0 Å². The molecule has 0 spiro atoms. The number of amides is 2. The van der Waals surface area contributed by atoms with Gasteiger partial charge in [-0.1, -0.05) is 37.3 Å². The van der Waals surface area contributed by atoms with E-state index in [0.717, 1.165) is 5.56 Å². The Morgan fingerprint density at radius 2 is 1.95 bits per heavy atom. The number of hydrogen-bond donors (Lipinski definition) is 0. The van der Waals surface area contributed by atoms with E-state index in [0.29, 0.717) is 5.76 Å². The molecule has 4 heteroatoms. The van der Waals surface area contributed by atoms with Crippen LogP contribution in [0.25, 0.3) is 0 Å². The number of carbonyl (C=O) groups excluding carboxylic acids is 2. The third-order valence-corrected chi connectivity index (χ3v) is 4.10. The highest BCUT2D eigenvalue weighted by Crippen LogP contribution is 2.34. The predicted molar refractivity (Wildman–Crippen MR) is 77.2 cm³/mol. The summed E-state index contributed by atoms with van der Waals surface area (Å²) in [6, 6.07) is 13.4. The van der Waals surface area contributed by atoms with E-state index >= 15 is 0 Å². The summed E-state index contributed by atoms with van der Waals surface area (Å²) >= 11 is 0. The molecule has 2 atom stereocenters. The van der Waals surface area contributed by atoms with E-state index in [4.69, 9.17) is 4.42 Å². The molecule has 1 aromatic heterocycles. The minimum Gasteiger partial charge on any atom is -0.467 e. The van der Waals surface area contributed by atoms with Crippen LogP contribution < -0.4 is 0 Å². The number of hydrogen-bond acceptors (Lipinski definition) is 3. The normalized spacial score (nSPS) is 20.0. The molecule has 1 fully saturated rings. The molecule has 1 aliphatic heterocycles. The van der Waals surface area contributed by atoms with Crippen LogP contribution in [-0.2, 0) is 16.1 Å². The third-order valence-electron chi connectivity index (χ3n) is 4.10. The summed E-state index contributed by atoms with van der Waals surface area (Å²) in [7, 11) is 0. The molecule has 0 saturated carbocycles. The van der Waals surface area contributed by atoms with Crippen molar-refractivity contribution >= 4 is 11.8 Å². The SMILES string of the molecule is C[C@@H](c1ccccc1)[C@H]1CC(=O)N(Cc2ccco2)C1=O. The van der Waals surface area contributed by atoms with Crippen molar-refractivity contribution in [3.8, 4) is 0 Å². The largest absolute Gasteiger partial charge is 0.467 e. The van der Waals surface area contributed by atoms with Crippen molar-refractivity contribution in [1.82, 2.24) is 4.90 Å². The fraction of sp³-hybridized carbons (Fsp3) is 0.294. The van der Waals surface area contributed by atoms with E-state index < -0.39 is 0 Å². The molecule has 21 heavy (non-hydrogen) atoms. The Hall–Kier alpha value is -2.36. The molecule has 1 aliphatic rings. The Kier molecular flexibility index (Phi) is 3.60. The summed E-state index contributed by atoms with van der Waals surface area (Å²) in [5, 5.41) is 0. The quantitative estimate of drug-likeness (QED) is 0.811. The summed E-state index contributed by atoms with van der Waals surface area (Å²) in [6.07, 6.45) is 1.82. The summed E-state index contributed by atoms with van der Waals surface area (Å²) in [6.45, 7) is 2.23. The second-order valence-corrected chi connectivity index (χ2v) is 5.41. The number of benzene rings is 1. The van der Waals surface area contributed by atoms with Gasteiger partial charge >= 0.3 is 0 Å². The average molecular weight is 283 g/mol. The predicted octanol–water partition coefficient (Wildman–Crippen LogP) is 2.96. The van der Waals surface area contributed by atoms with Crippen LogP contribution in [0.1, 0.15) is 30.6 Å². The van der Waals surface area contributed by atoms with Gasteiger partial charge in [0, 0.05) is 6.42 Å². The molecule has 2 amide bonds. The molecule has 1 aromatic carbocycles. The van der Waals surface area contributed by atoms with Gasteiger partial charge in [0.25, 0.3) is 0 Å². The van der Waals surface area contributed by atoms with Crippen LogP contribution in [0.2, 0.25) is 0 Å². The van der Waals surface area contributed by atoms with Crippen molar-refractivity contribution in [1.29, 1.82) is 0 Å². The number of nitrogens with zero attached hydrogens (tertiary/aromatic N) is 1. The van der Waals surface area contributed by atoms with Gasteiger partial charge in [-0.15, -0.1) is 0 Å². The summed E-state index contributed by atoms with van der Waals surface area (Å²) in [4.78, 5) is 25.9. The van der Waals surface area contributed by atoms with Crippen molar-refractivity contribution in [3.05, 3.63) is 60.1 Å². The molecule has 0 bridgehead atoms. The Labute approximate surface area is 123 Å². The van der Waals surface area contributed by atoms with E-state index in [1.165, 1.54) is 4.90 Å². The number of carbonyl (C=O) groups is 2. The maximum absolute atomic E-state index is 12.5. The number of furan rings is 1. The minimum absolute atomic E-state index is 0.0317. The lowest BCUT2D eigenvalue weighted by molar-refractivity contribution is -0.140. The van der Waals surface area contributed by atoms with Gasteiger partial charge in [0.2, 0.25) is 11.8 Å². The fourth-order valence-corrected chi connectivity index (χ4v) is 2.81. The van der Waals surface area contributed by atoms with Crippen molar-refractivity contribution < 1.29 is 14.0 Å². The van der Waals surface area contributed by atoms with Gasteiger partial charge in [-0.3, -0.25) is 14.5 Å². The van der Waals surface area contributed by atoms with E-state index in [9.17, 15) is 9.59 Å². The minimum atomic E-state index is -0.283. The Bertz CT molecular complexity index is 633. The van der Waals surface area contributed by atoms with Gasteiger partial charge in [-0.25, -0.2) is 0 Å². The molecule has 2 aromatic rings.